The van der Waals surface area contributed by atoms with E-state index in [0.717, 1.165) is 18.4 Å². The lowest BCUT2D eigenvalue weighted by atomic mass is 9.99. The Bertz CT molecular complexity index is 593. The van der Waals surface area contributed by atoms with Crippen LogP contribution in [0.25, 0.3) is 11.3 Å². The topological polar surface area (TPSA) is 32.9 Å². The van der Waals surface area contributed by atoms with Crippen molar-refractivity contribution in [2.75, 3.05) is 0 Å². The first-order chi connectivity index (χ1) is 7.70. The van der Waals surface area contributed by atoms with Gasteiger partial charge in [-0.05, 0) is 42.2 Å². The molecule has 0 radical (unpaired) electrons. The molecule has 0 bridgehead atoms. The Morgan fingerprint density at radius 3 is 2.75 bits per heavy atom. The lowest BCUT2D eigenvalue weighted by Gasteiger charge is -2.07. The molecule has 3 rings (SSSR count). The van der Waals surface area contributed by atoms with Gasteiger partial charge in [0, 0.05) is 12.0 Å². The molecule has 0 unspecified atom stereocenters. The summed E-state index contributed by atoms with van der Waals surface area (Å²) in [7, 11) is 0. The van der Waals surface area contributed by atoms with Crippen LogP contribution in [0.2, 0.25) is 0 Å². The number of rotatable bonds is 1. The van der Waals surface area contributed by atoms with Crippen molar-refractivity contribution in [1.29, 1.82) is 0 Å². The van der Waals surface area contributed by atoms with Crippen molar-refractivity contribution >= 4 is 6.29 Å². The van der Waals surface area contributed by atoms with Gasteiger partial charge in [-0.15, -0.1) is 0 Å². The Hall–Kier alpha value is -1.83. The molecule has 2 heteroatoms. The molecule has 0 amide bonds. The van der Waals surface area contributed by atoms with Crippen LogP contribution in [0.5, 0.6) is 0 Å². The normalized spacial score (nSPS) is 12.4. The summed E-state index contributed by atoms with van der Waals surface area (Å²) in [5, 5.41) is 0. The minimum atomic E-state index is 0.677. The summed E-state index contributed by atoms with van der Waals surface area (Å²) >= 11 is 0. The number of H-pyrrole nitrogens is 1. The van der Waals surface area contributed by atoms with Gasteiger partial charge < -0.3 is 4.98 Å². The quantitative estimate of drug-likeness (QED) is 0.616. The minimum Gasteiger partial charge on any atom is -0.352 e. The van der Waals surface area contributed by atoms with Crippen LogP contribution in [0.1, 0.15) is 32.7 Å². The van der Waals surface area contributed by atoms with E-state index < -0.39 is 0 Å². The lowest BCUT2D eigenvalue weighted by Crippen LogP contribution is -1.91. The number of aldehydes is 1. The van der Waals surface area contributed by atoms with E-state index >= 15 is 0 Å². The van der Waals surface area contributed by atoms with E-state index in [0.29, 0.717) is 5.69 Å². The van der Waals surface area contributed by atoms with Crippen LogP contribution in [-0.2, 0) is 6.42 Å². The van der Waals surface area contributed by atoms with Gasteiger partial charge in [0.25, 0.3) is 0 Å². The predicted octanol–water partition coefficient (Wildman–Crippen LogP) is 3.02. The number of aromatic amines is 1. The fourth-order valence-electron chi connectivity index (χ4n) is 2.58. The summed E-state index contributed by atoms with van der Waals surface area (Å²) in [5.41, 5.74) is 8.36. The van der Waals surface area contributed by atoms with Gasteiger partial charge in [-0.2, -0.15) is 0 Å². The van der Waals surface area contributed by atoms with Gasteiger partial charge in [0.15, 0.2) is 6.29 Å². The Kier molecular flexibility index (Phi) is 1.81. The lowest BCUT2D eigenvalue weighted by molar-refractivity contribution is 0.111. The average molecular weight is 211 g/mol. The monoisotopic (exact) mass is 211 g/mol. The second-order valence-electron chi connectivity index (χ2n) is 4.47. The number of hydrogen-bond acceptors (Lipinski definition) is 1. The maximum Gasteiger partial charge on any atom is 0.166 e. The number of carbonyl (C=O) groups is 1. The van der Waals surface area contributed by atoms with Gasteiger partial charge in [-0.25, -0.2) is 0 Å². The molecule has 0 atom stereocenters. The van der Waals surface area contributed by atoms with Crippen LogP contribution in [-0.4, -0.2) is 11.3 Å². The van der Waals surface area contributed by atoms with E-state index in [4.69, 9.17) is 0 Å². The maximum absolute atomic E-state index is 10.7. The molecular formula is C14H13NO. The molecule has 0 aliphatic heterocycles. The molecule has 80 valence electrons. The van der Waals surface area contributed by atoms with Gasteiger partial charge in [0.2, 0.25) is 0 Å². The first-order valence-corrected chi connectivity index (χ1v) is 5.47. The molecule has 1 N–H and O–H groups in total. The molecule has 0 fully saturated rings. The molecule has 16 heavy (non-hydrogen) atoms. The summed E-state index contributed by atoms with van der Waals surface area (Å²) in [6, 6.07) is 6.27. The van der Waals surface area contributed by atoms with Crippen LogP contribution in [0.4, 0.5) is 0 Å². The van der Waals surface area contributed by atoms with E-state index in [9.17, 15) is 4.79 Å². The molecule has 1 heterocycles. The van der Waals surface area contributed by atoms with Crippen LogP contribution < -0.4 is 0 Å². The van der Waals surface area contributed by atoms with Crippen molar-refractivity contribution in [3.8, 4) is 11.3 Å². The second-order valence-corrected chi connectivity index (χ2v) is 4.47. The van der Waals surface area contributed by atoms with E-state index in [2.05, 4.69) is 31.0 Å². The van der Waals surface area contributed by atoms with Crippen molar-refractivity contribution in [2.24, 2.45) is 0 Å². The molecular weight excluding hydrogens is 198 g/mol. The number of nitrogens with one attached hydrogen (secondary N) is 1. The summed E-state index contributed by atoms with van der Waals surface area (Å²) in [5.74, 6) is 0. The molecule has 2 aromatic rings. The van der Waals surface area contributed by atoms with Gasteiger partial charge in [0.1, 0.15) is 0 Å². The highest BCUT2D eigenvalue weighted by molar-refractivity contribution is 5.83. The summed E-state index contributed by atoms with van der Waals surface area (Å²) < 4.78 is 0. The number of benzene rings is 1. The average Bonchev–Trinajstić information content (AvgIpc) is 2.80. The summed E-state index contributed by atoms with van der Waals surface area (Å²) in [6.07, 6.45) is 1.83. The van der Waals surface area contributed by atoms with Crippen molar-refractivity contribution in [3.05, 3.63) is 46.1 Å². The third kappa shape index (κ3) is 1.10. The smallest absolute Gasteiger partial charge is 0.166 e. The Morgan fingerprint density at radius 1 is 1.25 bits per heavy atom. The molecule has 1 aliphatic rings. The standard InChI is InChI=1S/C14H13NO/c1-8-3-4-9(2)13-12(8)6-10-5-11(7-16)15-14(10)13/h3-5,7,15H,6H2,1-2H3. The summed E-state index contributed by atoms with van der Waals surface area (Å²) in [4.78, 5) is 13.9. The van der Waals surface area contributed by atoms with Gasteiger partial charge >= 0.3 is 0 Å². The third-order valence-corrected chi connectivity index (χ3v) is 3.42. The predicted molar refractivity (Wildman–Crippen MR) is 63.9 cm³/mol. The zero-order valence-electron chi connectivity index (χ0n) is 9.42. The Labute approximate surface area is 94.3 Å². The number of aryl methyl sites for hydroxylation is 2. The minimum absolute atomic E-state index is 0.677. The molecule has 2 nitrogen and oxygen atoms in total. The Balaban J connectivity index is 2.30. The van der Waals surface area contributed by atoms with E-state index in [1.165, 1.54) is 27.8 Å². The summed E-state index contributed by atoms with van der Waals surface area (Å²) in [6.45, 7) is 4.26. The molecule has 1 aromatic carbocycles. The van der Waals surface area contributed by atoms with Crippen LogP contribution in [0.3, 0.4) is 0 Å². The first kappa shape index (κ1) is 9.40. The fraction of sp³-hybridized carbons (Fsp3) is 0.214. The highest BCUT2D eigenvalue weighted by Gasteiger charge is 2.23. The second kappa shape index (κ2) is 3.08. The van der Waals surface area contributed by atoms with E-state index in [1.807, 2.05) is 6.07 Å². The number of carbonyl (C=O) groups excluding carboxylic acids is 1. The third-order valence-electron chi connectivity index (χ3n) is 3.42. The van der Waals surface area contributed by atoms with Gasteiger partial charge in [-0.1, -0.05) is 12.1 Å². The number of aromatic nitrogens is 1. The fourth-order valence-corrected chi connectivity index (χ4v) is 2.58. The van der Waals surface area contributed by atoms with Crippen molar-refractivity contribution in [2.45, 2.75) is 20.3 Å². The van der Waals surface area contributed by atoms with Gasteiger partial charge in [-0.3, -0.25) is 4.79 Å². The van der Waals surface area contributed by atoms with E-state index in [-0.39, 0.29) is 0 Å². The largest absolute Gasteiger partial charge is 0.352 e. The highest BCUT2D eigenvalue weighted by atomic mass is 16.1. The van der Waals surface area contributed by atoms with Crippen molar-refractivity contribution in [1.82, 2.24) is 4.98 Å². The van der Waals surface area contributed by atoms with Crippen molar-refractivity contribution in [3.63, 3.8) is 0 Å². The van der Waals surface area contributed by atoms with Crippen molar-refractivity contribution < 1.29 is 4.79 Å². The van der Waals surface area contributed by atoms with Crippen LogP contribution >= 0.6 is 0 Å². The van der Waals surface area contributed by atoms with E-state index in [1.54, 1.807) is 0 Å². The maximum atomic E-state index is 10.7. The molecule has 0 spiro atoms. The Morgan fingerprint density at radius 2 is 2.00 bits per heavy atom. The first-order valence-electron chi connectivity index (χ1n) is 5.47. The molecule has 1 aromatic heterocycles. The number of fused-ring (bicyclic) bond motifs is 3. The molecule has 0 saturated heterocycles. The highest BCUT2D eigenvalue weighted by Crippen LogP contribution is 2.39. The SMILES string of the molecule is Cc1ccc(C)c2c1Cc1cc(C=O)[nH]c1-2. The van der Waals surface area contributed by atoms with Gasteiger partial charge in [0.05, 0.1) is 11.4 Å². The van der Waals surface area contributed by atoms with Crippen LogP contribution in [0.15, 0.2) is 18.2 Å². The van der Waals surface area contributed by atoms with Crippen LogP contribution in [0, 0.1) is 13.8 Å². The zero-order chi connectivity index (χ0) is 11.3. The molecule has 1 aliphatic carbocycles. The number of hydrogen-bond donors (Lipinski definition) is 1. The molecule has 0 saturated carbocycles. The zero-order valence-corrected chi connectivity index (χ0v) is 9.42.